The minimum absolute atomic E-state index is 1.02. The van der Waals surface area contributed by atoms with Gasteiger partial charge in [0.1, 0.15) is 0 Å². The maximum Gasteiger partial charge on any atom is 0.0885 e. The Kier molecular flexibility index (Phi) is 6.07. The normalized spacial score (nSPS) is 13.2. The summed E-state index contributed by atoms with van der Waals surface area (Å²) in [6.45, 7) is 4.15. The third-order valence-corrected chi connectivity index (χ3v) is 1.59. The second-order valence-corrected chi connectivity index (χ2v) is 2.52. The molecule has 0 aliphatic rings. The van der Waals surface area contributed by atoms with Crippen LogP contribution in [0.25, 0.3) is 0 Å². The summed E-state index contributed by atoms with van der Waals surface area (Å²) >= 11 is 0. The lowest BCUT2D eigenvalue weighted by atomic mass is 10.3. The summed E-state index contributed by atoms with van der Waals surface area (Å²) < 4.78 is 0. The van der Waals surface area contributed by atoms with Crippen LogP contribution in [0.1, 0.15) is 20.3 Å². The van der Waals surface area contributed by atoms with Crippen LogP contribution in [0, 0.1) is 0 Å². The van der Waals surface area contributed by atoms with E-state index < -0.39 is 0 Å². The van der Waals surface area contributed by atoms with E-state index in [9.17, 15) is 0 Å². The summed E-state index contributed by atoms with van der Waals surface area (Å²) in [6.07, 6.45) is 9.00. The van der Waals surface area contributed by atoms with Crippen molar-refractivity contribution < 1.29 is 0 Å². The van der Waals surface area contributed by atoms with Gasteiger partial charge in [-0.1, -0.05) is 19.1 Å². The molecule has 0 fully saturated rings. The molecule has 0 amide bonds. The van der Waals surface area contributed by atoms with Crippen LogP contribution in [0.15, 0.2) is 28.9 Å². The number of allylic oxidation sites excluding steroid dienone is 4. The summed E-state index contributed by atoms with van der Waals surface area (Å²) in [7, 11) is 3.78. The van der Waals surface area contributed by atoms with E-state index in [1.807, 2.05) is 37.4 Å². The highest BCUT2D eigenvalue weighted by Gasteiger charge is 1.95. The second-order valence-electron chi connectivity index (χ2n) is 2.52. The van der Waals surface area contributed by atoms with Crippen molar-refractivity contribution >= 4 is 6.34 Å². The van der Waals surface area contributed by atoms with Crippen LogP contribution in [0.2, 0.25) is 0 Å². The first-order valence-corrected chi connectivity index (χ1v) is 4.23. The van der Waals surface area contributed by atoms with Gasteiger partial charge >= 0.3 is 0 Å². The van der Waals surface area contributed by atoms with Crippen molar-refractivity contribution in [1.82, 2.24) is 4.90 Å². The van der Waals surface area contributed by atoms with Crippen LogP contribution < -0.4 is 0 Å². The number of rotatable bonds is 4. The molecule has 0 aromatic rings. The Morgan fingerprint density at radius 3 is 2.58 bits per heavy atom. The number of hydrogen-bond acceptors (Lipinski definition) is 1. The van der Waals surface area contributed by atoms with Gasteiger partial charge in [-0.25, -0.2) is 0 Å². The van der Waals surface area contributed by atoms with E-state index in [-0.39, 0.29) is 0 Å². The predicted molar refractivity (Wildman–Crippen MR) is 55.4 cm³/mol. The Balaban J connectivity index is 4.32. The maximum atomic E-state index is 3.95. The lowest BCUT2D eigenvalue weighted by Gasteiger charge is -2.14. The van der Waals surface area contributed by atoms with Gasteiger partial charge in [0.15, 0.2) is 0 Å². The zero-order chi connectivity index (χ0) is 9.40. The standard InChI is InChI=1S/C10H18N2/c1-5-7-8-10(6-2)12(4)9-11-3/h5,7-9H,6H2,1-4H3. The highest BCUT2D eigenvalue weighted by molar-refractivity contribution is 5.57. The van der Waals surface area contributed by atoms with Gasteiger partial charge in [0, 0.05) is 19.8 Å². The van der Waals surface area contributed by atoms with E-state index in [0.717, 1.165) is 6.42 Å². The molecule has 0 unspecified atom stereocenters. The maximum absolute atomic E-state index is 3.95. The molecule has 68 valence electrons. The molecule has 0 rings (SSSR count). The minimum atomic E-state index is 1.02. The summed E-state index contributed by atoms with van der Waals surface area (Å²) in [5.74, 6) is 0. The van der Waals surface area contributed by atoms with E-state index in [1.165, 1.54) is 5.70 Å². The van der Waals surface area contributed by atoms with Crippen LogP contribution in [0.3, 0.4) is 0 Å². The molecular weight excluding hydrogens is 148 g/mol. The summed E-state index contributed by atoms with van der Waals surface area (Å²) in [5.41, 5.74) is 1.26. The summed E-state index contributed by atoms with van der Waals surface area (Å²) in [6, 6.07) is 0. The van der Waals surface area contributed by atoms with Crippen molar-refractivity contribution in [3.05, 3.63) is 23.9 Å². The molecule has 2 heteroatoms. The minimum Gasteiger partial charge on any atom is -0.340 e. The van der Waals surface area contributed by atoms with Crippen molar-refractivity contribution in [1.29, 1.82) is 0 Å². The SMILES string of the molecule is CC=CC=C(CC)N(C)C=NC. The monoisotopic (exact) mass is 166 g/mol. The van der Waals surface area contributed by atoms with Gasteiger partial charge < -0.3 is 4.90 Å². The zero-order valence-electron chi connectivity index (χ0n) is 8.41. The molecule has 0 aliphatic heterocycles. The first-order chi connectivity index (χ1) is 5.76. The quantitative estimate of drug-likeness (QED) is 0.356. The van der Waals surface area contributed by atoms with E-state index in [2.05, 4.69) is 18.0 Å². The number of nitrogens with zero attached hydrogens (tertiary/aromatic N) is 2. The third-order valence-electron chi connectivity index (χ3n) is 1.59. The molecule has 0 aromatic carbocycles. The van der Waals surface area contributed by atoms with E-state index in [0.29, 0.717) is 0 Å². The molecule has 0 aromatic heterocycles. The molecule has 0 radical (unpaired) electrons. The lowest BCUT2D eigenvalue weighted by molar-refractivity contribution is 0.615. The van der Waals surface area contributed by atoms with Crippen molar-refractivity contribution in [3.8, 4) is 0 Å². The fourth-order valence-corrected chi connectivity index (χ4v) is 0.939. The van der Waals surface area contributed by atoms with Gasteiger partial charge in [-0.05, 0) is 19.4 Å². The molecule has 0 heterocycles. The van der Waals surface area contributed by atoms with E-state index in [1.54, 1.807) is 7.05 Å². The Bertz CT molecular complexity index is 190. The van der Waals surface area contributed by atoms with Gasteiger partial charge in [0.2, 0.25) is 0 Å². The topological polar surface area (TPSA) is 15.6 Å². The van der Waals surface area contributed by atoms with Gasteiger partial charge in [-0.2, -0.15) is 0 Å². The third kappa shape index (κ3) is 3.96. The van der Waals surface area contributed by atoms with E-state index >= 15 is 0 Å². The van der Waals surface area contributed by atoms with Crippen molar-refractivity contribution in [2.45, 2.75) is 20.3 Å². The molecule has 0 saturated heterocycles. The average Bonchev–Trinajstić information content (AvgIpc) is 2.06. The van der Waals surface area contributed by atoms with E-state index in [4.69, 9.17) is 0 Å². The van der Waals surface area contributed by atoms with Crippen LogP contribution in [0.4, 0.5) is 0 Å². The fourth-order valence-electron chi connectivity index (χ4n) is 0.939. The molecular formula is C10H18N2. The molecule has 2 nitrogen and oxygen atoms in total. The second kappa shape index (κ2) is 6.65. The number of hydrogen-bond donors (Lipinski definition) is 0. The first kappa shape index (κ1) is 11.0. The molecule has 0 spiro atoms. The van der Waals surface area contributed by atoms with Crippen molar-refractivity contribution in [2.24, 2.45) is 4.99 Å². The predicted octanol–water partition coefficient (Wildman–Crippen LogP) is 2.45. The molecule has 0 N–H and O–H groups in total. The fraction of sp³-hybridized carbons (Fsp3) is 0.500. The molecule has 12 heavy (non-hydrogen) atoms. The van der Waals surface area contributed by atoms with Gasteiger partial charge in [0.25, 0.3) is 0 Å². The Labute approximate surface area is 75.3 Å². The zero-order valence-corrected chi connectivity index (χ0v) is 8.41. The number of aliphatic imine (C=N–C) groups is 1. The Morgan fingerprint density at radius 2 is 2.17 bits per heavy atom. The van der Waals surface area contributed by atoms with Gasteiger partial charge in [-0.15, -0.1) is 0 Å². The van der Waals surface area contributed by atoms with Crippen LogP contribution in [-0.2, 0) is 0 Å². The molecule has 0 saturated carbocycles. The summed E-state index contributed by atoms with van der Waals surface area (Å²) in [5, 5.41) is 0. The van der Waals surface area contributed by atoms with Crippen LogP contribution in [-0.4, -0.2) is 25.3 Å². The highest BCUT2D eigenvalue weighted by Crippen LogP contribution is 2.03. The summed E-state index contributed by atoms with van der Waals surface area (Å²) in [4.78, 5) is 5.98. The van der Waals surface area contributed by atoms with Crippen LogP contribution in [0.5, 0.6) is 0 Å². The molecule has 0 bridgehead atoms. The molecule has 0 atom stereocenters. The lowest BCUT2D eigenvalue weighted by Crippen LogP contribution is -2.14. The first-order valence-electron chi connectivity index (χ1n) is 4.23. The van der Waals surface area contributed by atoms with Gasteiger partial charge in [-0.3, -0.25) is 4.99 Å². The Hall–Kier alpha value is -1.05. The van der Waals surface area contributed by atoms with Gasteiger partial charge in [0.05, 0.1) is 6.34 Å². The largest absolute Gasteiger partial charge is 0.340 e. The highest BCUT2D eigenvalue weighted by atomic mass is 15.1. The van der Waals surface area contributed by atoms with Crippen molar-refractivity contribution in [3.63, 3.8) is 0 Å². The average molecular weight is 166 g/mol. The van der Waals surface area contributed by atoms with Crippen LogP contribution >= 0.6 is 0 Å². The molecule has 0 aliphatic carbocycles. The van der Waals surface area contributed by atoms with Crippen molar-refractivity contribution in [2.75, 3.05) is 14.1 Å². The Morgan fingerprint density at radius 1 is 1.50 bits per heavy atom. The smallest absolute Gasteiger partial charge is 0.0885 e.